The maximum Gasteiger partial charge on any atom is 0.307 e. The summed E-state index contributed by atoms with van der Waals surface area (Å²) in [4.78, 5) is 14.4. The van der Waals surface area contributed by atoms with Gasteiger partial charge in [0.25, 0.3) is 0 Å². The second-order valence-corrected chi connectivity index (χ2v) is 6.28. The van der Waals surface area contributed by atoms with E-state index >= 15 is 0 Å². The number of hydrogen-bond acceptors (Lipinski definition) is 3. The van der Waals surface area contributed by atoms with Crippen molar-refractivity contribution in [2.24, 2.45) is 5.92 Å². The molecule has 1 fully saturated rings. The van der Waals surface area contributed by atoms with Gasteiger partial charge < -0.3 is 5.11 Å². The predicted molar refractivity (Wildman–Crippen MR) is 76.9 cm³/mol. The van der Waals surface area contributed by atoms with E-state index < -0.39 is 5.97 Å². The normalized spacial score (nSPS) is 20.2. The fourth-order valence-corrected chi connectivity index (χ4v) is 3.42. The number of carbonyl (C=O) groups is 1. The van der Waals surface area contributed by atoms with Crippen LogP contribution in [-0.2, 0) is 11.3 Å². The van der Waals surface area contributed by atoms with E-state index in [4.69, 9.17) is 5.11 Å². The van der Waals surface area contributed by atoms with Gasteiger partial charge >= 0.3 is 5.97 Å². The highest BCUT2D eigenvalue weighted by molar-refractivity contribution is 9.10. The van der Waals surface area contributed by atoms with Crippen molar-refractivity contribution < 1.29 is 9.90 Å². The molecular weight excluding hydrogens is 314 g/mol. The molecule has 0 aromatic heterocycles. The van der Waals surface area contributed by atoms with E-state index in [0.29, 0.717) is 6.54 Å². The van der Waals surface area contributed by atoms with Crippen LogP contribution >= 0.6 is 27.7 Å². The van der Waals surface area contributed by atoms with Crippen molar-refractivity contribution in [3.63, 3.8) is 0 Å². The van der Waals surface area contributed by atoms with Gasteiger partial charge in [0, 0.05) is 22.5 Å². The van der Waals surface area contributed by atoms with Gasteiger partial charge in [-0.15, -0.1) is 11.8 Å². The molecule has 3 nitrogen and oxygen atoms in total. The molecule has 18 heavy (non-hydrogen) atoms. The first-order chi connectivity index (χ1) is 8.60. The minimum Gasteiger partial charge on any atom is -0.481 e. The Kier molecular flexibility index (Phi) is 4.70. The van der Waals surface area contributed by atoms with Crippen molar-refractivity contribution in [1.82, 2.24) is 4.90 Å². The Hall–Kier alpha value is -0.520. The third kappa shape index (κ3) is 3.28. The number of carboxylic acids is 1. The molecule has 98 valence electrons. The topological polar surface area (TPSA) is 40.5 Å². The molecule has 0 saturated carbocycles. The van der Waals surface area contributed by atoms with Crippen LogP contribution < -0.4 is 0 Å². The molecule has 1 aliphatic rings. The lowest BCUT2D eigenvalue weighted by Gasteiger charge is -2.17. The number of thioether (sulfide) groups is 1. The van der Waals surface area contributed by atoms with Gasteiger partial charge in [-0.25, -0.2) is 0 Å². The van der Waals surface area contributed by atoms with Crippen LogP contribution in [0.4, 0.5) is 0 Å². The summed E-state index contributed by atoms with van der Waals surface area (Å²) in [6.07, 6.45) is 2.83. The third-order valence-corrected chi connectivity index (χ3v) is 4.58. The summed E-state index contributed by atoms with van der Waals surface area (Å²) < 4.78 is 1.08. The van der Waals surface area contributed by atoms with Gasteiger partial charge in [-0.2, -0.15) is 0 Å². The lowest BCUT2D eigenvalue weighted by molar-refractivity contribution is -0.141. The summed E-state index contributed by atoms with van der Waals surface area (Å²) in [5, 5.41) is 9.00. The highest BCUT2D eigenvalue weighted by atomic mass is 79.9. The molecule has 1 aromatic rings. The summed E-state index contributed by atoms with van der Waals surface area (Å²) in [6.45, 7) is 2.38. The Labute approximate surface area is 120 Å². The Bertz CT molecular complexity index is 453. The minimum atomic E-state index is -0.668. The number of hydrogen-bond donors (Lipinski definition) is 1. The number of carboxylic acid groups (broad SMARTS) is 1. The average molecular weight is 330 g/mol. The summed E-state index contributed by atoms with van der Waals surface area (Å²) >= 11 is 5.20. The number of benzene rings is 1. The summed E-state index contributed by atoms with van der Waals surface area (Å²) in [7, 11) is 0. The Morgan fingerprint density at radius 1 is 1.61 bits per heavy atom. The highest BCUT2D eigenvalue weighted by Gasteiger charge is 2.28. The molecule has 1 atom stereocenters. The zero-order valence-corrected chi connectivity index (χ0v) is 12.6. The minimum absolute atomic E-state index is 0.196. The van der Waals surface area contributed by atoms with Crippen LogP contribution in [0, 0.1) is 5.92 Å². The van der Waals surface area contributed by atoms with Crippen molar-refractivity contribution in [2.45, 2.75) is 17.9 Å². The van der Waals surface area contributed by atoms with Gasteiger partial charge in [0.15, 0.2) is 0 Å². The van der Waals surface area contributed by atoms with Crippen LogP contribution in [0.1, 0.15) is 12.0 Å². The van der Waals surface area contributed by atoms with Crippen LogP contribution in [0.25, 0.3) is 0 Å². The van der Waals surface area contributed by atoms with E-state index in [9.17, 15) is 4.79 Å². The molecule has 1 aromatic carbocycles. The number of nitrogens with zero attached hydrogens (tertiary/aromatic N) is 1. The first-order valence-electron chi connectivity index (χ1n) is 5.87. The number of likely N-dealkylation sites (tertiary alicyclic amines) is 1. The second-order valence-electron chi connectivity index (χ2n) is 4.52. The van der Waals surface area contributed by atoms with Crippen LogP contribution in [0.2, 0.25) is 0 Å². The van der Waals surface area contributed by atoms with Crippen molar-refractivity contribution in [3.8, 4) is 0 Å². The molecule has 0 amide bonds. The quantitative estimate of drug-likeness (QED) is 0.862. The molecule has 1 aliphatic heterocycles. The van der Waals surface area contributed by atoms with Crippen molar-refractivity contribution in [3.05, 3.63) is 28.2 Å². The molecule has 0 aliphatic carbocycles. The van der Waals surface area contributed by atoms with Crippen LogP contribution in [0.5, 0.6) is 0 Å². The van der Waals surface area contributed by atoms with Crippen molar-refractivity contribution in [2.75, 3.05) is 19.3 Å². The van der Waals surface area contributed by atoms with Gasteiger partial charge in [-0.1, -0.05) is 22.0 Å². The van der Waals surface area contributed by atoms with E-state index in [1.54, 1.807) is 11.8 Å². The van der Waals surface area contributed by atoms with Gasteiger partial charge in [-0.05, 0) is 36.9 Å². The first-order valence-corrected chi connectivity index (χ1v) is 7.89. The second kappa shape index (κ2) is 6.08. The highest BCUT2D eigenvalue weighted by Crippen LogP contribution is 2.27. The maximum atomic E-state index is 10.9. The van der Waals surface area contributed by atoms with Crippen LogP contribution in [0.15, 0.2) is 27.6 Å². The summed E-state index contributed by atoms with van der Waals surface area (Å²) in [6, 6.07) is 6.27. The summed E-state index contributed by atoms with van der Waals surface area (Å²) in [5.41, 5.74) is 1.27. The number of aliphatic carboxylic acids is 1. The Morgan fingerprint density at radius 3 is 3.00 bits per heavy atom. The van der Waals surface area contributed by atoms with Crippen LogP contribution in [0.3, 0.4) is 0 Å². The van der Waals surface area contributed by atoms with E-state index in [-0.39, 0.29) is 5.92 Å². The molecule has 5 heteroatoms. The number of halogens is 1. The van der Waals surface area contributed by atoms with Gasteiger partial charge in [-0.3, -0.25) is 9.69 Å². The molecule has 1 unspecified atom stereocenters. The lowest BCUT2D eigenvalue weighted by atomic mass is 10.1. The van der Waals surface area contributed by atoms with E-state index in [0.717, 1.165) is 24.0 Å². The van der Waals surface area contributed by atoms with Gasteiger partial charge in [0.2, 0.25) is 0 Å². The smallest absolute Gasteiger partial charge is 0.307 e. The molecular formula is C13H16BrNO2S. The first kappa shape index (κ1) is 13.9. The number of rotatable bonds is 4. The fraction of sp³-hybridized carbons (Fsp3) is 0.462. The van der Waals surface area contributed by atoms with Crippen molar-refractivity contribution in [1.29, 1.82) is 0 Å². The molecule has 1 saturated heterocycles. The molecule has 0 bridgehead atoms. The standard InChI is InChI=1S/C13H16BrNO2S/c1-18-12-6-11(14)3-2-9(12)7-15-5-4-10(8-15)13(16)17/h2-3,6,10H,4-5,7-8H2,1H3,(H,16,17). The third-order valence-electron chi connectivity index (χ3n) is 3.26. The van der Waals surface area contributed by atoms with E-state index in [1.165, 1.54) is 10.5 Å². The SMILES string of the molecule is CSc1cc(Br)ccc1CN1CCC(C(=O)O)C1. The molecule has 2 rings (SSSR count). The molecule has 0 radical (unpaired) electrons. The van der Waals surface area contributed by atoms with Gasteiger partial charge in [0.1, 0.15) is 0 Å². The van der Waals surface area contributed by atoms with Gasteiger partial charge in [0.05, 0.1) is 5.92 Å². The maximum absolute atomic E-state index is 10.9. The summed E-state index contributed by atoms with van der Waals surface area (Å²) in [5.74, 6) is -0.864. The average Bonchev–Trinajstić information content (AvgIpc) is 2.80. The Morgan fingerprint density at radius 2 is 2.39 bits per heavy atom. The monoisotopic (exact) mass is 329 g/mol. The van der Waals surface area contributed by atoms with Crippen LogP contribution in [-0.4, -0.2) is 35.3 Å². The predicted octanol–water partition coefficient (Wildman–Crippen LogP) is 3.08. The lowest BCUT2D eigenvalue weighted by Crippen LogP contribution is -2.23. The zero-order valence-electron chi connectivity index (χ0n) is 10.2. The Balaban J connectivity index is 2.04. The molecule has 1 N–H and O–H groups in total. The molecule has 1 heterocycles. The largest absolute Gasteiger partial charge is 0.481 e. The zero-order chi connectivity index (χ0) is 13.1. The van der Waals surface area contributed by atoms with E-state index in [1.807, 2.05) is 6.07 Å². The fourth-order valence-electron chi connectivity index (χ4n) is 2.27. The molecule has 0 spiro atoms. The van der Waals surface area contributed by atoms with E-state index in [2.05, 4.69) is 39.2 Å². The van der Waals surface area contributed by atoms with Crippen molar-refractivity contribution >= 4 is 33.7 Å².